The van der Waals surface area contributed by atoms with E-state index in [-0.39, 0.29) is 11.0 Å². The fourth-order valence-corrected chi connectivity index (χ4v) is 1.55. The minimum absolute atomic E-state index is 0.0927. The van der Waals surface area contributed by atoms with Gasteiger partial charge in [0.05, 0.1) is 0 Å². The number of aromatic amines is 2. The molecule has 0 aliphatic carbocycles. The van der Waals surface area contributed by atoms with E-state index in [0.717, 1.165) is 6.20 Å². The predicted molar refractivity (Wildman–Crippen MR) is 67.5 cm³/mol. The van der Waals surface area contributed by atoms with Crippen molar-refractivity contribution in [2.45, 2.75) is 13.8 Å². The molecule has 7 nitrogen and oxygen atoms in total. The predicted octanol–water partition coefficient (Wildman–Crippen LogP) is -0.880. The molecule has 0 aromatic carbocycles. The van der Waals surface area contributed by atoms with Crippen LogP contribution in [0.25, 0.3) is 0 Å². The molecule has 4 N–H and O–H groups in total. The van der Waals surface area contributed by atoms with Gasteiger partial charge in [-0.15, -0.1) is 0 Å². The fraction of sp³-hybridized carbons (Fsp3) is 0.545. The summed E-state index contributed by atoms with van der Waals surface area (Å²) in [5.41, 5.74) is 3.93. The van der Waals surface area contributed by atoms with Crippen molar-refractivity contribution in [2.75, 3.05) is 20.1 Å². The molecule has 0 spiro atoms. The molecule has 0 aliphatic rings. The van der Waals surface area contributed by atoms with Crippen LogP contribution in [0.1, 0.15) is 24.2 Å². The summed E-state index contributed by atoms with van der Waals surface area (Å²) in [6.07, 6.45) is 1.12. The summed E-state index contributed by atoms with van der Waals surface area (Å²) in [6, 6.07) is 0. The van der Waals surface area contributed by atoms with E-state index in [4.69, 9.17) is 5.73 Å². The highest BCUT2D eigenvalue weighted by atomic mass is 16.2. The average Bonchev–Trinajstić information content (AvgIpc) is 2.27. The number of nitrogens with one attached hydrogen (secondary N) is 2. The van der Waals surface area contributed by atoms with E-state index >= 15 is 0 Å². The Balaban J connectivity index is 2.94. The molecule has 1 heterocycles. The van der Waals surface area contributed by atoms with Gasteiger partial charge in [0.15, 0.2) is 0 Å². The quantitative estimate of drug-likeness (QED) is 0.647. The second kappa shape index (κ2) is 5.18. The van der Waals surface area contributed by atoms with Gasteiger partial charge in [-0.25, -0.2) is 4.79 Å². The third-order valence-electron chi connectivity index (χ3n) is 2.61. The molecule has 0 radical (unpaired) electrons. The first kappa shape index (κ1) is 14.2. The summed E-state index contributed by atoms with van der Waals surface area (Å²) in [5, 5.41) is 0. The van der Waals surface area contributed by atoms with Gasteiger partial charge in [-0.1, -0.05) is 13.8 Å². The largest absolute Gasteiger partial charge is 0.341 e. The van der Waals surface area contributed by atoms with Crippen molar-refractivity contribution < 1.29 is 4.79 Å². The van der Waals surface area contributed by atoms with Crippen molar-refractivity contribution in [3.05, 3.63) is 32.6 Å². The zero-order valence-corrected chi connectivity index (χ0v) is 10.7. The van der Waals surface area contributed by atoms with Crippen LogP contribution in [0.5, 0.6) is 0 Å². The molecule has 0 bridgehead atoms. The third-order valence-corrected chi connectivity index (χ3v) is 2.61. The maximum Gasteiger partial charge on any atom is 0.325 e. The summed E-state index contributed by atoms with van der Waals surface area (Å²) in [7, 11) is 1.59. The Hall–Kier alpha value is -1.89. The van der Waals surface area contributed by atoms with Gasteiger partial charge in [0.25, 0.3) is 11.5 Å². The van der Waals surface area contributed by atoms with E-state index in [9.17, 15) is 14.4 Å². The van der Waals surface area contributed by atoms with Gasteiger partial charge < -0.3 is 15.6 Å². The Kier molecular flexibility index (Phi) is 4.07. The van der Waals surface area contributed by atoms with Crippen molar-refractivity contribution >= 4 is 5.91 Å². The summed E-state index contributed by atoms with van der Waals surface area (Å²) in [4.78, 5) is 40.0. The van der Waals surface area contributed by atoms with Gasteiger partial charge >= 0.3 is 5.69 Å². The number of aromatic nitrogens is 2. The van der Waals surface area contributed by atoms with Gasteiger partial charge in [0, 0.05) is 19.8 Å². The molecule has 0 fully saturated rings. The first-order chi connectivity index (χ1) is 8.26. The Morgan fingerprint density at radius 1 is 1.44 bits per heavy atom. The molecule has 1 aromatic heterocycles. The molecule has 0 saturated heterocycles. The Labute approximate surface area is 104 Å². The Morgan fingerprint density at radius 3 is 2.56 bits per heavy atom. The van der Waals surface area contributed by atoms with E-state index in [1.165, 1.54) is 4.90 Å². The molecule has 0 atom stereocenters. The SMILES string of the molecule is CN(CC(C)(C)CN)C(=O)c1c[nH]c(=O)[nH]c1=O. The number of nitrogens with zero attached hydrogens (tertiary/aromatic N) is 1. The molecule has 1 rings (SSSR count). The number of rotatable bonds is 4. The number of nitrogens with two attached hydrogens (primary N) is 1. The van der Waals surface area contributed by atoms with Crippen molar-refractivity contribution in [3.8, 4) is 0 Å². The van der Waals surface area contributed by atoms with Crippen LogP contribution in [0, 0.1) is 5.41 Å². The van der Waals surface area contributed by atoms with E-state index in [1.807, 2.05) is 18.8 Å². The zero-order valence-electron chi connectivity index (χ0n) is 10.7. The lowest BCUT2D eigenvalue weighted by Gasteiger charge is -2.28. The van der Waals surface area contributed by atoms with Crippen LogP contribution in [0.4, 0.5) is 0 Å². The second-order valence-electron chi connectivity index (χ2n) is 5.02. The highest BCUT2D eigenvalue weighted by molar-refractivity contribution is 5.93. The van der Waals surface area contributed by atoms with Crippen molar-refractivity contribution in [2.24, 2.45) is 11.1 Å². The third kappa shape index (κ3) is 3.30. The molecule has 7 heteroatoms. The van der Waals surface area contributed by atoms with Crippen LogP contribution >= 0.6 is 0 Å². The lowest BCUT2D eigenvalue weighted by atomic mass is 9.93. The van der Waals surface area contributed by atoms with Crippen LogP contribution < -0.4 is 17.0 Å². The minimum atomic E-state index is -0.693. The molecule has 1 aromatic rings. The summed E-state index contributed by atoms with van der Waals surface area (Å²) in [5.74, 6) is -0.450. The van der Waals surface area contributed by atoms with Crippen LogP contribution in [-0.4, -0.2) is 40.9 Å². The van der Waals surface area contributed by atoms with Gasteiger partial charge in [-0.2, -0.15) is 0 Å². The minimum Gasteiger partial charge on any atom is -0.341 e. The first-order valence-corrected chi connectivity index (χ1v) is 5.54. The molecular weight excluding hydrogens is 236 g/mol. The molecule has 100 valence electrons. The summed E-state index contributed by atoms with van der Waals surface area (Å²) < 4.78 is 0. The number of hydrogen-bond donors (Lipinski definition) is 3. The lowest BCUT2D eigenvalue weighted by Crippen LogP contribution is -2.42. The molecule has 0 saturated carbocycles. The molecule has 0 aliphatic heterocycles. The maximum absolute atomic E-state index is 12.0. The molecular formula is C11H18N4O3. The van der Waals surface area contributed by atoms with Crippen molar-refractivity contribution in [1.29, 1.82) is 0 Å². The topological polar surface area (TPSA) is 112 Å². The molecule has 1 amide bonds. The van der Waals surface area contributed by atoms with E-state index in [1.54, 1.807) is 7.05 Å². The average molecular weight is 254 g/mol. The Bertz CT molecular complexity index is 544. The number of hydrogen-bond acceptors (Lipinski definition) is 4. The Morgan fingerprint density at radius 2 is 2.06 bits per heavy atom. The van der Waals surface area contributed by atoms with E-state index in [0.29, 0.717) is 13.1 Å². The van der Waals surface area contributed by atoms with E-state index < -0.39 is 17.2 Å². The fourth-order valence-electron chi connectivity index (χ4n) is 1.55. The number of carbonyl (C=O) groups excluding carboxylic acids is 1. The monoisotopic (exact) mass is 254 g/mol. The van der Waals surface area contributed by atoms with Gasteiger partial charge in [-0.3, -0.25) is 14.6 Å². The van der Waals surface area contributed by atoms with Crippen LogP contribution in [-0.2, 0) is 0 Å². The highest BCUT2D eigenvalue weighted by Crippen LogP contribution is 2.14. The van der Waals surface area contributed by atoms with Crippen LogP contribution in [0.2, 0.25) is 0 Å². The molecule has 18 heavy (non-hydrogen) atoms. The van der Waals surface area contributed by atoms with Gasteiger partial charge in [-0.05, 0) is 12.0 Å². The standard InChI is InChI=1S/C11H18N4O3/c1-11(2,5-12)6-15(3)9(17)7-4-13-10(18)14-8(7)16/h4H,5-6,12H2,1-3H3,(H2,13,14,16,18). The normalized spacial score (nSPS) is 11.3. The zero-order chi connectivity index (χ0) is 13.9. The van der Waals surface area contributed by atoms with Crippen LogP contribution in [0.3, 0.4) is 0 Å². The van der Waals surface area contributed by atoms with Crippen molar-refractivity contribution in [1.82, 2.24) is 14.9 Å². The number of amides is 1. The lowest BCUT2D eigenvalue weighted by molar-refractivity contribution is 0.0738. The highest BCUT2D eigenvalue weighted by Gasteiger charge is 2.23. The first-order valence-electron chi connectivity index (χ1n) is 5.54. The second-order valence-corrected chi connectivity index (χ2v) is 5.02. The van der Waals surface area contributed by atoms with Crippen molar-refractivity contribution in [3.63, 3.8) is 0 Å². The van der Waals surface area contributed by atoms with Gasteiger partial charge in [0.1, 0.15) is 5.56 Å². The summed E-state index contributed by atoms with van der Waals surface area (Å²) in [6.45, 7) is 4.69. The number of carbonyl (C=O) groups is 1. The molecule has 0 unspecified atom stereocenters. The smallest absolute Gasteiger partial charge is 0.325 e. The number of H-pyrrole nitrogens is 2. The van der Waals surface area contributed by atoms with E-state index in [2.05, 4.69) is 4.98 Å². The summed E-state index contributed by atoms with van der Waals surface area (Å²) >= 11 is 0. The van der Waals surface area contributed by atoms with Gasteiger partial charge in [0.2, 0.25) is 0 Å². The van der Waals surface area contributed by atoms with Crippen LogP contribution in [0.15, 0.2) is 15.8 Å². The maximum atomic E-state index is 12.0.